The summed E-state index contributed by atoms with van der Waals surface area (Å²) >= 11 is 0. The first-order chi connectivity index (χ1) is 4.68. The van der Waals surface area contributed by atoms with Crippen LogP contribution in [0.15, 0.2) is 0 Å². The molecule has 0 saturated carbocycles. The lowest BCUT2D eigenvalue weighted by Crippen LogP contribution is -2.33. The molecule has 0 bridgehead atoms. The molecule has 3 nitrogen and oxygen atoms in total. The molecule has 0 unspecified atom stereocenters. The molecule has 0 rings (SSSR count). The minimum Gasteiger partial charge on any atom is -0.348 e. The lowest BCUT2D eigenvalue weighted by Gasteiger charge is -2.09. The Morgan fingerprint density at radius 1 is 1.50 bits per heavy atom. The smallest absolute Gasteiger partial charge is 0.236 e. The van der Waals surface area contributed by atoms with E-state index in [0.717, 1.165) is 13.0 Å². The molecule has 1 amide bonds. The summed E-state index contributed by atoms with van der Waals surface area (Å²) in [5.74, 6) is 0.133. The van der Waals surface area contributed by atoms with Gasteiger partial charge in [-0.1, -0.05) is 6.92 Å². The third-order valence-electron chi connectivity index (χ3n) is 1.20. The van der Waals surface area contributed by atoms with Gasteiger partial charge in [-0.25, -0.2) is 0 Å². The molecule has 60 valence electrons. The minimum atomic E-state index is 0.133. The van der Waals surface area contributed by atoms with Gasteiger partial charge in [0.15, 0.2) is 0 Å². The van der Waals surface area contributed by atoms with Gasteiger partial charge in [0.25, 0.3) is 0 Å². The highest BCUT2D eigenvalue weighted by atomic mass is 16.2. The van der Waals surface area contributed by atoms with Gasteiger partial charge in [0, 0.05) is 14.1 Å². The fraction of sp³-hybridized carbons (Fsp3) is 0.857. The summed E-state index contributed by atoms with van der Waals surface area (Å²) in [5.41, 5.74) is 0. The van der Waals surface area contributed by atoms with Crippen molar-refractivity contribution in [3.8, 4) is 0 Å². The van der Waals surface area contributed by atoms with Gasteiger partial charge in [-0.05, 0) is 13.0 Å². The summed E-state index contributed by atoms with van der Waals surface area (Å²) in [4.78, 5) is 12.5. The van der Waals surface area contributed by atoms with Gasteiger partial charge >= 0.3 is 0 Å². The number of rotatable bonds is 4. The maximum Gasteiger partial charge on any atom is 0.236 e. The second-order valence-electron chi connectivity index (χ2n) is 2.46. The molecule has 0 aliphatic heterocycles. The van der Waals surface area contributed by atoms with Crippen molar-refractivity contribution in [2.75, 3.05) is 27.2 Å². The molecule has 0 radical (unpaired) electrons. The first-order valence-electron chi connectivity index (χ1n) is 3.59. The Balaban J connectivity index is 3.22. The van der Waals surface area contributed by atoms with Gasteiger partial charge in [0.1, 0.15) is 0 Å². The monoisotopic (exact) mass is 144 g/mol. The number of nitrogens with one attached hydrogen (secondary N) is 1. The van der Waals surface area contributed by atoms with Crippen LogP contribution in [0.25, 0.3) is 0 Å². The van der Waals surface area contributed by atoms with E-state index >= 15 is 0 Å². The molecule has 0 aromatic carbocycles. The molecule has 0 spiro atoms. The zero-order chi connectivity index (χ0) is 7.98. The van der Waals surface area contributed by atoms with Crippen LogP contribution in [0.5, 0.6) is 0 Å². The summed E-state index contributed by atoms with van der Waals surface area (Å²) in [6.07, 6.45) is 1.07. The standard InChI is InChI=1S/C7H16N2O/c1-4-5-8-6-7(10)9(2)3/h8H,4-6H2,1-3H3. The fourth-order valence-electron chi connectivity index (χ4n) is 0.530. The van der Waals surface area contributed by atoms with Crippen LogP contribution in [-0.4, -0.2) is 38.0 Å². The van der Waals surface area contributed by atoms with E-state index in [9.17, 15) is 4.79 Å². The minimum absolute atomic E-state index is 0.133. The summed E-state index contributed by atoms with van der Waals surface area (Å²) in [6, 6.07) is 0. The highest BCUT2D eigenvalue weighted by Gasteiger charge is 2.00. The Morgan fingerprint density at radius 2 is 2.10 bits per heavy atom. The van der Waals surface area contributed by atoms with Gasteiger partial charge in [0.2, 0.25) is 5.91 Å². The molecular formula is C7H16N2O. The summed E-state index contributed by atoms with van der Waals surface area (Å²) in [6.45, 7) is 3.45. The third-order valence-corrected chi connectivity index (χ3v) is 1.20. The largest absolute Gasteiger partial charge is 0.348 e. The molecule has 0 fully saturated rings. The van der Waals surface area contributed by atoms with Crippen molar-refractivity contribution in [2.24, 2.45) is 0 Å². The lowest BCUT2D eigenvalue weighted by molar-refractivity contribution is -0.127. The van der Waals surface area contributed by atoms with E-state index in [1.807, 2.05) is 0 Å². The molecule has 10 heavy (non-hydrogen) atoms. The predicted molar refractivity (Wildman–Crippen MR) is 41.9 cm³/mol. The maximum absolute atomic E-state index is 10.9. The van der Waals surface area contributed by atoms with Crippen LogP contribution in [0, 0.1) is 0 Å². The predicted octanol–water partition coefficient (Wildman–Crippen LogP) is 0.0742. The molecule has 0 aromatic heterocycles. The third kappa shape index (κ3) is 4.32. The van der Waals surface area contributed by atoms with Crippen LogP contribution < -0.4 is 5.32 Å². The average molecular weight is 144 g/mol. The number of carbonyl (C=O) groups is 1. The van der Waals surface area contributed by atoms with E-state index in [-0.39, 0.29) is 5.91 Å². The van der Waals surface area contributed by atoms with Crippen LogP contribution in [-0.2, 0) is 4.79 Å². The van der Waals surface area contributed by atoms with Crippen LogP contribution in [0.1, 0.15) is 13.3 Å². The molecule has 0 aliphatic rings. The van der Waals surface area contributed by atoms with Crippen molar-refractivity contribution < 1.29 is 4.79 Å². The Kier molecular flexibility index (Phi) is 4.94. The molecule has 0 aromatic rings. The first-order valence-corrected chi connectivity index (χ1v) is 3.59. The highest BCUT2D eigenvalue weighted by Crippen LogP contribution is 1.76. The Morgan fingerprint density at radius 3 is 2.50 bits per heavy atom. The van der Waals surface area contributed by atoms with Crippen molar-refractivity contribution in [1.29, 1.82) is 0 Å². The summed E-state index contributed by atoms with van der Waals surface area (Å²) < 4.78 is 0. The van der Waals surface area contributed by atoms with Gasteiger partial charge in [-0.2, -0.15) is 0 Å². The van der Waals surface area contributed by atoms with Gasteiger partial charge in [0.05, 0.1) is 6.54 Å². The van der Waals surface area contributed by atoms with Crippen LogP contribution >= 0.6 is 0 Å². The number of hydrogen-bond acceptors (Lipinski definition) is 2. The maximum atomic E-state index is 10.9. The van der Waals surface area contributed by atoms with Gasteiger partial charge < -0.3 is 10.2 Å². The van der Waals surface area contributed by atoms with Crippen molar-refractivity contribution in [3.63, 3.8) is 0 Å². The zero-order valence-corrected chi connectivity index (χ0v) is 6.98. The van der Waals surface area contributed by atoms with E-state index in [1.165, 1.54) is 0 Å². The summed E-state index contributed by atoms with van der Waals surface area (Å²) in [7, 11) is 3.52. The molecular weight excluding hydrogens is 128 g/mol. The number of amides is 1. The number of nitrogens with zero attached hydrogens (tertiary/aromatic N) is 1. The fourth-order valence-corrected chi connectivity index (χ4v) is 0.530. The Labute approximate surface area is 62.4 Å². The highest BCUT2D eigenvalue weighted by molar-refractivity contribution is 5.77. The SMILES string of the molecule is CCCNCC(=O)N(C)C. The first kappa shape index (κ1) is 9.43. The molecule has 3 heteroatoms. The van der Waals surface area contributed by atoms with E-state index in [2.05, 4.69) is 12.2 Å². The number of likely N-dealkylation sites (N-methyl/N-ethyl adjacent to an activating group) is 1. The number of hydrogen-bond donors (Lipinski definition) is 1. The molecule has 0 aliphatic carbocycles. The van der Waals surface area contributed by atoms with E-state index in [4.69, 9.17) is 0 Å². The Hall–Kier alpha value is -0.570. The van der Waals surface area contributed by atoms with Crippen LogP contribution in [0.3, 0.4) is 0 Å². The molecule has 0 atom stereocenters. The van der Waals surface area contributed by atoms with E-state index < -0.39 is 0 Å². The second-order valence-corrected chi connectivity index (χ2v) is 2.46. The molecule has 0 heterocycles. The van der Waals surface area contributed by atoms with Crippen molar-refractivity contribution >= 4 is 5.91 Å². The molecule has 0 saturated heterocycles. The Bertz CT molecular complexity index is 102. The van der Waals surface area contributed by atoms with E-state index in [0.29, 0.717) is 6.54 Å². The number of carbonyl (C=O) groups excluding carboxylic acids is 1. The summed E-state index contributed by atoms with van der Waals surface area (Å²) in [5, 5.41) is 3.02. The zero-order valence-electron chi connectivity index (χ0n) is 6.98. The van der Waals surface area contributed by atoms with Crippen molar-refractivity contribution in [2.45, 2.75) is 13.3 Å². The second kappa shape index (κ2) is 5.23. The average Bonchev–Trinajstić information content (AvgIpc) is 1.88. The van der Waals surface area contributed by atoms with Crippen LogP contribution in [0.2, 0.25) is 0 Å². The quantitative estimate of drug-likeness (QED) is 0.566. The lowest BCUT2D eigenvalue weighted by atomic mass is 10.4. The normalized spacial score (nSPS) is 9.50. The van der Waals surface area contributed by atoms with E-state index in [1.54, 1.807) is 19.0 Å². The molecule has 1 N–H and O–H groups in total. The van der Waals surface area contributed by atoms with Crippen molar-refractivity contribution in [3.05, 3.63) is 0 Å². The van der Waals surface area contributed by atoms with Crippen molar-refractivity contribution in [1.82, 2.24) is 10.2 Å². The van der Waals surface area contributed by atoms with Gasteiger partial charge in [-0.3, -0.25) is 4.79 Å². The topological polar surface area (TPSA) is 32.3 Å². The van der Waals surface area contributed by atoms with Crippen LogP contribution in [0.4, 0.5) is 0 Å². The van der Waals surface area contributed by atoms with Gasteiger partial charge in [-0.15, -0.1) is 0 Å².